The molecule has 4 nitrogen and oxygen atoms in total. The molecular formula is C21H31N3O. The Kier molecular flexibility index (Phi) is 4.98. The van der Waals surface area contributed by atoms with E-state index in [9.17, 15) is 4.79 Å². The van der Waals surface area contributed by atoms with Gasteiger partial charge in [0.15, 0.2) is 0 Å². The van der Waals surface area contributed by atoms with E-state index in [4.69, 9.17) is 0 Å². The quantitative estimate of drug-likeness (QED) is 0.823. The van der Waals surface area contributed by atoms with Crippen LogP contribution < -0.4 is 4.90 Å². The average molecular weight is 341 g/mol. The van der Waals surface area contributed by atoms with Gasteiger partial charge in [0.2, 0.25) is 5.91 Å². The van der Waals surface area contributed by atoms with Crippen LogP contribution in [0.2, 0.25) is 0 Å². The molecule has 2 aliphatic carbocycles. The van der Waals surface area contributed by atoms with Crippen LogP contribution in [0.1, 0.15) is 44.1 Å². The first-order chi connectivity index (χ1) is 12.2. The third-order valence-corrected chi connectivity index (χ3v) is 6.04. The molecule has 0 aromatic heterocycles. The molecule has 1 aliphatic heterocycles. The number of piperazine rings is 1. The van der Waals surface area contributed by atoms with Crippen LogP contribution in [0, 0.1) is 6.92 Å². The van der Waals surface area contributed by atoms with Crippen LogP contribution >= 0.6 is 0 Å². The van der Waals surface area contributed by atoms with E-state index in [1.807, 2.05) is 0 Å². The summed E-state index contributed by atoms with van der Waals surface area (Å²) in [6.07, 6.45) is 7.51. The first-order valence-electron chi connectivity index (χ1n) is 10.1. The Balaban J connectivity index is 1.31. The Labute approximate surface area is 151 Å². The summed E-state index contributed by atoms with van der Waals surface area (Å²) in [6.45, 7) is 6.78. The van der Waals surface area contributed by atoms with Gasteiger partial charge in [-0.25, -0.2) is 0 Å². The standard InChI is InChI=1S/C21H31N3O/c1-17-5-4-8-20(15-17)23-13-11-22(12-14-23)16-21(25)24(19-9-10-19)18-6-2-3-7-18/h4-5,8,15,18-19H,2-3,6-7,9-14,16H2,1H3. The first kappa shape index (κ1) is 16.9. The van der Waals surface area contributed by atoms with Gasteiger partial charge in [-0.3, -0.25) is 9.69 Å². The topological polar surface area (TPSA) is 26.8 Å². The number of aryl methyl sites for hydroxylation is 1. The molecule has 136 valence electrons. The third-order valence-electron chi connectivity index (χ3n) is 6.04. The van der Waals surface area contributed by atoms with Crippen molar-refractivity contribution in [2.45, 2.75) is 57.5 Å². The van der Waals surface area contributed by atoms with E-state index < -0.39 is 0 Å². The molecule has 2 saturated carbocycles. The number of carbonyl (C=O) groups excluding carboxylic acids is 1. The maximum Gasteiger partial charge on any atom is 0.237 e. The molecule has 25 heavy (non-hydrogen) atoms. The molecule has 0 bridgehead atoms. The lowest BCUT2D eigenvalue weighted by Crippen LogP contribution is -2.51. The Morgan fingerprint density at radius 3 is 2.36 bits per heavy atom. The van der Waals surface area contributed by atoms with E-state index >= 15 is 0 Å². The summed E-state index contributed by atoms with van der Waals surface area (Å²) in [6, 6.07) is 9.83. The smallest absolute Gasteiger partial charge is 0.237 e. The zero-order chi connectivity index (χ0) is 17.2. The Hall–Kier alpha value is -1.55. The number of benzene rings is 1. The SMILES string of the molecule is Cc1cccc(N2CCN(CC(=O)N(C3CCCC3)C3CC3)CC2)c1. The summed E-state index contributed by atoms with van der Waals surface area (Å²) in [4.78, 5) is 20.0. The number of carbonyl (C=O) groups is 1. The van der Waals surface area contributed by atoms with Crippen molar-refractivity contribution in [2.75, 3.05) is 37.6 Å². The van der Waals surface area contributed by atoms with E-state index in [-0.39, 0.29) is 0 Å². The summed E-state index contributed by atoms with van der Waals surface area (Å²) in [5.41, 5.74) is 2.63. The predicted molar refractivity (Wildman–Crippen MR) is 102 cm³/mol. The second-order valence-electron chi connectivity index (χ2n) is 8.07. The Morgan fingerprint density at radius 1 is 1.04 bits per heavy atom. The molecule has 1 heterocycles. The third kappa shape index (κ3) is 4.00. The van der Waals surface area contributed by atoms with Crippen molar-refractivity contribution in [3.05, 3.63) is 29.8 Å². The van der Waals surface area contributed by atoms with Crippen molar-refractivity contribution in [1.82, 2.24) is 9.80 Å². The molecule has 1 aromatic carbocycles. The van der Waals surface area contributed by atoms with Crippen LogP contribution in [-0.4, -0.2) is 60.5 Å². The second-order valence-corrected chi connectivity index (χ2v) is 8.07. The van der Waals surface area contributed by atoms with Crippen molar-refractivity contribution in [1.29, 1.82) is 0 Å². The van der Waals surface area contributed by atoms with Gasteiger partial charge in [0.05, 0.1) is 6.54 Å². The second kappa shape index (κ2) is 7.36. The number of hydrogen-bond acceptors (Lipinski definition) is 3. The van der Waals surface area contributed by atoms with Gasteiger partial charge in [-0.05, 0) is 50.3 Å². The fourth-order valence-electron chi connectivity index (χ4n) is 4.50. The van der Waals surface area contributed by atoms with Crippen molar-refractivity contribution >= 4 is 11.6 Å². The molecule has 1 amide bonds. The zero-order valence-corrected chi connectivity index (χ0v) is 15.5. The highest BCUT2D eigenvalue weighted by molar-refractivity contribution is 5.79. The van der Waals surface area contributed by atoms with Crippen LogP contribution in [0.3, 0.4) is 0 Å². The molecule has 0 spiro atoms. The van der Waals surface area contributed by atoms with Crippen LogP contribution in [0.4, 0.5) is 5.69 Å². The summed E-state index contributed by atoms with van der Waals surface area (Å²) in [5, 5.41) is 0. The summed E-state index contributed by atoms with van der Waals surface area (Å²) in [7, 11) is 0. The van der Waals surface area contributed by atoms with Gasteiger partial charge >= 0.3 is 0 Å². The fourth-order valence-corrected chi connectivity index (χ4v) is 4.50. The van der Waals surface area contributed by atoms with E-state index in [1.165, 1.54) is 49.8 Å². The maximum atomic E-state index is 12.9. The van der Waals surface area contributed by atoms with Gasteiger partial charge in [0, 0.05) is 44.0 Å². The summed E-state index contributed by atoms with van der Waals surface area (Å²) in [5.74, 6) is 0.387. The van der Waals surface area contributed by atoms with Gasteiger partial charge in [-0.15, -0.1) is 0 Å². The normalized spacial score (nSPS) is 22.4. The molecule has 0 unspecified atom stereocenters. The van der Waals surface area contributed by atoms with E-state index in [1.54, 1.807) is 0 Å². The van der Waals surface area contributed by atoms with Crippen LogP contribution in [0.15, 0.2) is 24.3 Å². The number of hydrogen-bond donors (Lipinski definition) is 0. The molecular weight excluding hydrogens is 310 g/mol. The number of amides is 1. The molecule has 1 saturated heterocycles. The maximum absolute atomic E-state index is 12.9. The Bertz CT molecular complexity index is 599. The minimum atomic E-state index is 0.387. The van der Waals surface area contributed by atoms with Gasteiger partial charge in [-0.1, -0.05) is 25.0 Å². The number of rotatable bonds is 5. The van der Waals surface area contributed by atoms with Crippen LogP contribution in [0.25, 0.3) is 0 Å². The Morgan fingerprint density at radius 2 is 1.72 bits per heavy atom. The van der Waals surface area contributed by atoms with Crippen molar-refractivity contribution in [2.24, 2.45) is 0 Å². The zero-order valence-electron chi connectivity index (χ0n) is 15.5. The minimum absolute atomic E-state index is 0.387. The van der Waals surface area contributed by atoms with Gasteiger partial charge in [0.1, 0.15) is 0 Å². The van der Waals surface area contributed by atoms with Gasteiger partial charge < -0.3 is 9.80 Å². The van der Waals surface area contributed by atoms with E-state index in [2.05, 4.69) is 45.9 Å². The molecule has 0 radical (unpaired) electrons. The highest BCUT2D eigenvalue weighted by Gasteiger charge is 2.38. The predicted octanol–water partition coefficient (Wildman–Crippen LogP) is 3.05. The summed E-state index contributed by atoms with van der Waals surface area (Å²) < 4.78 is 0. The van der Waals surface area contributed by atoms with Gasteiger partial charge in [-0.2, -0.15) is 0 Å². The lowest BCUT2D eigenvalue weighted by molar-refractivity contribution is -0.135. The molecule has 0 N–H and O–H groups in total. The van der Waals surface area contributed by atoms with E-state index in [0.29, 0.717) is 24.5 Å². The average Bonchev–Trinajstić information content (AvgIpc) is 3.29. The monoisotopic (exact) mass is 341 g/mol. The largest absolute Gasteiger partial charge is 0.369 e. The molecule has 3 aliphatic rings. The molecule has 1 aromatic rings. The number of nitrogens with zero attached hydrogens (tertiary/aromatic N) is 3. The van der Waals surface area contributed by atoms with E-state index in [0.717, 1.165) is 26.2 Å². The highest BCUT2D eigenvalue weighted by Crippen LogP contribution is 2.34. The molecule has 4 heteroatoms. The fraction of sp³-hybridized carbons (Fsp3) is 0.667. The molecule has 4 rings (SSSR count). The number of anilines is 1. The first-order valence-corrected chi connectivity index (χ1v) is 10.1. The van der Waals surface area contributed by atoms with Crippen molar-refractivity contribution in [3.63, 3.8) is 0 Å². The minimum Gasteiger partial charge on any atom is -0.369 e. The molecule has 0 atom stereocenters. The van der Waals surface area contributed by atoms with Crippen LogP contribution in [-0.2, 0) is 4.79 Å². The highest BCUT2D eigenvalue weighted by atomic mass is 16.2. The molecule has 3 fully saturated rings. The lowest BCUT2D eigenvalue weighted by Gasteiger charge is -2.37. The van der Waals surface area contributed by atoms with Crippen molar-refractivity contribution in [3.8, 4) is 0 Å². The van der Waals surface area contributed by atoms with Gasteiger partial charge in [0.25, 0.3) is 0 Å². The van der Waals surface area contributed by atoms with Crippen molar-refractivity contribution < 1.29 is 4.79 Å². The summed E-state index contributed by atoms with van der Waals surface area (Å²) >= 11 is 0. The lowest BCUT2D eigenvalue weighted by atomic mass is 10.2. The van der Waals surface area contributed by atoms with Crippen LogP contribution in [0.5, 0.6) is 0 Å².